The number of nitrogens with one attached hydrogen (secondary N) is 1. The van der Waals surface area contributed by atoms with Crippen molar-refractivity contribution in [1.82, 2.24) is 0 Å². The molecule has 0 bridgehead atoms. The van der Waals surface area contributed by atoms with Gasteiger partial charge in [-0.05, 0) is 43.2 Å². The Morgan fingerprint density at radius 1 is 1.21 bits per heavy atom. The molecule has 96 valence electrons. The number of hydrogen-bond donors (Lipinski definition) is 1. The molecule has 0 heterocycles. The lowest BCUT2D eigenvalue weighted by atomic mass is 10.0. The maximum Gasteiger partial charge on any atom is 0.147 e. The molecule has 3 heteroatoms. The largest absolute Gasteiger partial charge is 0.376 e. The van der Waals surface area contributed by atoms with Crippen LogP contribution >= 0.6 is 0 Å². The molecule has 1 N–H and O–H groups in total. The first-order valence-electron chi connectivity index (χ1n) is 6.13. The number of aryl methyl sites for hydroxylation is 1. The number of anilines is 1. The molecule has 0 aliphatic carbocycles. The number of halogens is 1. The third-order valence-corrected chi connectivity index (χ3v) is 3.13. The fraction of sp³-hybridized carbons (Fsp3) is 0.188. The van der Waals surface area contributed by atoms with Crippen LogP contribution in [0.15, 0.2) is 42.5 Å². The smallest absolute Gasteiger partial charge is 0.147 e. The van der Waals surface area contributed by atoms with Gasteiger partial charge in [-0.1, -0.05) is 24.3 Å². The number of rotatable bonds is 3. The van der Waals surface area contributed by atoms with E-state index in [2.05, 4.69) is 5.32 Å². The molecule has 1 unspecified atom stereocenters. The van der Waals surface area contributed by atoms with Crippen molar-refractivity contribution in [3.05, 3.63) is 65.0 Å². The number of hydrogen-bond acceptors (Lipinski definition) is 2. The molecule has 2 aromatic carbocycles. The van der Waals surface area contributed by atoms with Crippen LogP contribution in [0.1, 0.15) is 29.7 Å². The molecule has 19 heavy (non-hydrogen) atoms. The predicted molar refractivity (Wildman–Crippen MR) is 74.3 cm³/mol. The maximum atomic E-state index is 13.8. The number of benzene rings is 2. The first-order valence-corrected chi connectivity index (χ1v) is 6.13. The zero-order chi connectivity index (χ0) is 13.8. The highest BCUT2D eigenvalue weighted by molar-refractivity contribution is 5.50. The molecule has 0 saturated heterocycles. The van der Waals surface area contributed by atoms with E-state index in [1.54, 1.807) is 12.1 Å². The van der Waals surface area contributed by atoms with Crippen LogP contribution in [-0.2, 0) is 0 Å². The Hall–Kier alpha value is -2.34. The van der Waals surface area contributed by atoms with Gasteiger partial charge < -0.3 is 5.32 Å². The van der Waals surface area contributed by atoms with Crippen molar-refractivity contribution in [2.75, 3.05) is 5.32 Å². The molecular weight excluding hydrogens is 239 g/mol. The predicted octanol–water partition coefficient (Wildman–Crippen LogP) is 4.18. The molecule has 2 rings (SSSR count). The van der Waals surface area contributed by atoms with E-state index in [4.69, 9.17) is 5.26 Å². The summed E-state index contributed by atoms with van der Waals surface area (Å²) >= 11 is 0. The third-order valence-electron chi connectivity index (χ3n) is 3.13. The van der Waals surface area contributed by atoms with Crippen LogP contribution in [0.5, 0.6) is 0 Å². The minimum absolute atomic E-state index is 0.00337. The first-order chi connectivity index (χ1) is 9.11. The summed E-state index contributed by atoms with van der Waals surface area (Å²) in [6.07, 6.45) is 0. The third kappa shape index (κ3) is 2.92. The van der Waals surface area contributed by atoms with Crippen LogP contribution in [-0.4, -0.2) is 0 Å². The molecule has 2 aromatic rings. The highest BCUT2D eigenvalue weighted by atomic mass is 19.1. The Kier molecular flexibility index (Phi) is 3.82. The van der Waals surface area contributed by atoms with E-state index in [0.29, 0.717) is 11.3 Å². The summed E-state index contributed by atoms with van der Waals surface area (Å²) in [4.78, 5) is 0. The zero-order valence-corrected chi connectivity index (χ0v) is 10.9. The Morgan fingerprint density at radius 2 is 1.95 bits per heavy atom. The SMILES string of the molecule is Cc1ccccc1C(C)Nc1ccc(C#N)cc1F. The molecular formula is C16H15FN2. The van der Waals surface area contributed by atoms with Crippen molar-refractivity contribution >= 4 is 5.69 Å². The second kappa shape index (κ2) is 5.53. The van der Waals surface area contributed by atoms with E-state index in [0.717, 1.165) is 11.1 Å². The fourth-order valence-electron chi connectivity index (χ4n) is 2.09. The second-order valence-corrected chi connectivity index (χ2v) is 4.53. The molecule has 2 nitrogen and oxygen atoms in total. The van der Waals surface area contributed by atoms with Gasteiger partial charge in [0.2, 0.25) is 0 Å². The second-order valence-electron chi connectivity index (χ2n) is 4.53. The molecule has 0 aliphatic rings. The van der Waals surface area contributed by atoms with E-state index in [9.17, 15) is 4.39 Å². The fourth-order valence-corrected chi connectivity index (χ4v) is 2.09. The van der Waals surface area contributed by atoms with E-state index >= 15 is 0 Å². The molecule has 0 spiro atoms. The monoisotopic (exact) mass is 254 g/mol. The Morgan fingerprint density at radius 3 is 2.58 bits per heavy atom. The van der Waals surface area contributed by atoms with Gasteiger partial charge in [0.25, 0.3) is 0 Å². The van der Waals surface area contributed by atoms with Crippen molar-refractivity contribution in [2.45, 2.75) is 19.9 Å². The van der Waals surface area contributed by atoms with Gasteiger partial charge in [-0.2, -0.15) is 5.26 Å². The van der Waals surface area contributed by atoms with Crippen molar-refractivity contribution in [1.29, 1.82) is 5.26 Å². The minimum atomic E-state index is -0.403. The lowest BCUT2D eigenvalue weighted by Gasteiger charge is -2.18. The van der Waals surface area contributed by atoms with Crippen molar-refractivity contribution in [3.8, 4) is 6.07 Å². The number of nitrogens with zero attached hydrogens (tertiary/aromatic N) is 1. The Bertz CT molecular complexity index is 629. The quantitative estimate of drug-likeness (QED) is 0.891. The molecule has 0 radical (unpaired) electrons. The lowest BCUT2D eigenvalue weighted by molar-refractivity contribution is 0.627. The van der Waals surface area contributed by atoms with Crippen molar-refractivity contribution in [2.24, 2.45) is 0 Å². The van der Waals surface area contributed by atoms with Crippen LogP contribution in [0.25, 0.3) is 0 Å². The average Bonchev–Trinajstić information content (AvgIpc) is 2.41. The lowest BCUT2D eigenvalue weighted by Crippen LogP contribution is -2.09. The highest BCUT2D eigenvalue weighted by Gasteiger charge is 2.10. The normalized spacial score (nSPS) is 11.7. The van der Waals surface area contributed by atoms with Crippen molar-refractivity contribution in [3.63, 3.8) is 0 Å². The summed E-state index contributed by atoms with van der Waals surface area (Å²) in [5.74, 6) is -0.403. The Labute approximate surface area is 112 Å². The van der Waals surface area contributed by atoms with Crippen LogP contribution < -0.4 is 5.32 Å². The molecule has 0 fully saturated rings. The summed E-state index contributed by atoms with van der Waals surface area (Å²) in [5.41, 5.74) is 3.03. The summed E-state index contributed by atoms with van der Waals surface area (Å²) in [7, 11) is 0. The highest BCUT2D eigenvalue weighted by Crippen LogP contribution is 2.24. The maximum absolute atomic E-state index is 13.8. The van der Waals surface area contributed by atoms with E-state index in [1.165, 1.54) is 6.07 Å². The van der Waals surface area contributed by atoms with Crippen molar-refractivity contribution < 1.29 is 4.39 Å². The van der Waals surface area contributed by atoms with Crippen LogP contribution in [0.2, 0.25) is 0 Å². The summed E-state index contributed by atoms with van der Waals surface area (Å²) < 4.78 is 13.8. The van der Waals surface area contributed by atoms with Gasteiger partial charge >= 0.3 is 0 Å². The zero-order valence-electron chi connectivity index (χ0n) is 10.9. The van der Waals surface area contributed by atoms with Gasteiger partial charge in [-0.3, -0.25) is 0 Å². The molecule has 0 aliphatic heterocycles. The van der Waals surface area contributed by atoms with Gasteiger partial charge in [0.1, 0.15) is 5.82 Å². The molecule has 0 amide bonds. The van der Waals surface area contributed by atoms with E-state index in [1.807, 2.05) is 44.2 Å². The first kappa shape index (κ1) is 13.1. The summed E-state index contributed by atoms with van der Waals surface area (Å²) in [5, 5.41) is 11.8. The van der Waals surface area contributed by atoms with Crippen LogP contribution in [0, 0.1) is 24.1 Å². The van der Waals surface area contributed by atoms with Gasteiger partial charge in [-0.25, -0.2) is 4.39 Å². The standard InChI is InChI=1S/C16H15FN2/c1-11-5-3-4-6-14(11)12(2)19-16-8-7-13(10-18)9-15(16)17/h3-9,12,19H,1-2H3. The van der Waals surface area contributed by atoms with E-state index < -0.39 is 5.82 Å². The van der Waals surface area contributed by atoms with Gasteiger partial charge in [0, 0.05) is 6.04 Å². The summed E-state index contributed by atoms with van der Waals surface area (Å²) in [6.45, 7) is 4.02. The topological polar surface area (TPSA) is 35.8 Å². The van der Waals surface area contributed by atoms with Gasteiger partial charge in [-0.15, -0.1) is 0 Å². The van der Waals surface area contributed by atoms with E-state index in [-0.39, 0.29) is 6.04 Å². The Balaban J connectivity index is 2.22. The van der Waals surface area contributed by atoms with Gasteiger partial charge in [0.05, 0.1) is 17.3 Å². The van der Waals surface area contributed by atoms with Crippen LogP contribution in [0.3, 0.4) is 0 Å². The van der Waals surface area contributed by atoms with Crippen LogP contribution in [0.4, 0.5) is 10.1 Å². The minimum Gasteiger partial charge on any atom is -0.376 e. The molecule has 0 saturated carbocycles. The molecule has 0 aromatic heterocycles. The van der Waals surface area contributed by atoms with Gasteiger partial charge in [0.15, 0.2) is 0 Å². The molecule has 1 atom stereocenters. The number of nitriles is 1. The summed E-state index contributed by atoms with van der Waals surface area (Å²) in [6, 6.07) is 14.4. The average molecular weight is 254 g/mol.